The van der Waals surface area contributed by atoms with Gasteiger partial charge in [-0.25, -0.2) is 9.78 Å². The molecule has 1 aromatic heterocycles. The summed E-state index contributed by atoms with van der Waals surface area (Å²) in [6.45, 7) is 2.93. The van der Waals surface area contributed by atoms with Gasteiger partial charge in [0.25, 0.3) is 0 Å². The molecule has 0 saturated carbocycles. The van der Waals surface area contributed by atoms with Gasteiger partial charge in [-0.3, -0.25) is 0 Å². The molecule has 0 aromatic carbocycles. The lowest BCUT2D eigenvalue weighted by atomic mass is 10.2. The maximum atomic E-state index is 11.6. The van der Waals surface area contributed by atoms with E-state index in [-0.39, 0.29) is 12.3 Å². The highest BCUT2D eigenvalue weighted by Crippen LogP contribution is 2.01. The molecular weight excluding hydrogens is 276 g/mol. The summed E-state index contributed by atoms with van der Waals surface area (Å²) in [4.78, 5) is 15.6. The number of nitrogens with two attached hydrogens (primary N) is 1. The Morgan fingerprint density at radius 3 is 2.33 bits per heavy atom. The Balaban J connectivity index is 2.05. The number of pyridine rings is 1. The number of hydrogen-bond acceptors (Lipinski definition) is 7. The molecule has 0 aliphatic rings. The van der Waals surface area contributed by atoms with Gasteiger partial charge in [-0.05, 0) is 11.6 Å². The fraction of sp³-hybridized carbons (Fsp3) is 0.571. The Morgan fingerprint density at radius 2 is 1.76 bits per heavy atom. The van der Waals surface area contributed by atoms with E-state index in [1.165, 1.54) is 0 Å². The highest BCUT2D eigenvalue weighted by Gasteiger charge is 2.08. The van der Waals surface area contributed by atoms with Gasteiger partial charge >= 0.3 is 5.97 Å². The molecule has 0 radical (unpaired) electrons. The van der Waals surface area contributed by atoms with Gasteiger partial charge in [0, 0.05) is 19.9 Å². The number of carbonyl (C=O) groups excluding carboxylic acids is 1. The SMILES string of the molecule is COCCOCCOCCOC(=O)c1ccc(CN)cn1. The number of ether oxygens (including phenoxy) is 4. The average Bonchev–Trinajstić information content (AvgIpc) is 2.53. The first-order chi connectivity index (χ1) is 10.3. The second-order valence-electron chi connectivity index (χ2n) is 4.11. The Labute approximate surface area is 124 Å². The maximum absolute atomic E-state index is 11.6. The normalized spacial score (nSPS) is 10.6. The second kappa shape index (κ2) is 11.2. The van der Waals surface area contributed by atoms with Crippen LogP contribution < -0.4 is 5.73 Å². The summed E-state index contributed by atoms with van der Waals surface area (Å²) in [6, 6.07) is 3.34. The second-order valence-corrected chi connectivity index (χ2v) is 4.11. The number of esters is 1. The average molecular weight is 298 g/mol. The van der Waals surface area contributed by atoms with Crippen molar-refractivity contribution in [3.05, 3.63) is 29.6 Å². The fourth-order valence-electron chi connectivity index (χ4n) is 1.40. The van der Waals surface area contributed by atoms with E-state index in [4.69, 9.17) is 24.7 Å². The Kier molecular flexibility index (Phi) is 9.30. The summed E-state index contributed by atoms with van der Waals surface area (Å²) >= 11 is 0. The molecule has 0 amide bonds. The first-order valence-electron chi connectivity index (χ1n) is 6.74. The molecule has 1 rings (SSSR count). The minimum atomic E-state index is -0.474. The van der Waals surface area contributed by atoms with E-state index in [1.54, 1.807) is 25.4 Å². The maximum Gasteiger partial charge on any atom is 0.356 e. The molecule has 1 heterocycles. The molecular formula is C14H22N2O5. The minimum Gasteiger partial charge on any atom is -0.459 e. The van der Waals surface area contributed by atoms with Gasteiger partial charge in [0.15, 0.2) is 0 Å². The summed E-state index contributed by atoms with van der Waals surface area (Å²) < 4.78 is 20.3. The van der Waals surface area contributed by atoms with Crippen molar-refractivity contribution in [3.63, 3.8) is 0 Å². The number of rotatable bonds is 11. The van der Waals surface area contributed by atoms with Gasteiger partial charge in [0.2, 0.25) is 0 Å². The van der Waals surface area contributed by atoms with Gasteiger partial charge in [0.1, 0.15) is 12.3 Å². The smallest absolute Gasteiger partial charge is 0.356 e. The Morgan fingerprint density at radius 1 is 1.10 bits per heavy atom. The van der Waals surface area contributed by atoms with Crippen LogP contribution in [0.4, 0.5) is 0 Å². The van der Waals surface area contributed by atoms with Crippen molar-refractivity contribution < 1.29 is 23.7 Å². The third-order valence-electron chi connectivity index (χ3n) is 2.53. The van der Waals surface area contributed by atoms with Crippen LogP contribution in [-0.4, -0.2) is 57.7 Å². The summed E-state index contributed by atoms with van der Waals surface area (Å²) in [5, 5.41) is 0. The van der Waals surface area contributed by atoms with Crippen molar-refractivity contribution in [2.45, 2.75) is 6.54 Å². The molecule has 2 N–H and O–H groups in total. The van der Waals surface area contributed by atoms with E-state index in [2.05, 4.69) is 4.98 Å². The zero-order valence-corrected chi connectivity index (χ0v) is 12.2. The summed E-state index contributed by atoms with van der Waals surface area (Å²) in [6.07, 6.45) is 1.56. The van der Waals surface area contributed by atoms with E-state index in [1.807, 2.05) is 0 Å². The fourth-order valence-corrected chi connectivity index (χ4v) is 1.40. The number of hydrogen-bond donors (Lipinski definition) is 1. The summed E-state index contributed by atoms with van der Waals surface area (Å²) in [7, 11) is 1.62. The molecule has 7 nitrogen and oxygen atoms in total. The topological polar surface area (TPSA) is 92.9 Å². The molecule has 7 heteroatoms. The van der Waals surface area contributed by atoms with E-state index in [0.717, 1.165) is 5.56 Å². The predicted molar refractivity (Wildman–Crippen MR) is 75.9 cm³/mol. The van der Waals surface area contributed by atoms with E-state index in [9.17, 15) is 4.79 Å². The molecule has 0 spiro atoms. The van der Waals surface area contributed by atoms with Crippen LogP contribution in [-0.2, 0) is 25.5 Å². The van der Waals surface area contributed by atoms with Crippen LogP contribution >= 0.6 is 0 Å². The Bertz CT molecular complexity index is 397. The molecule has 0 bridgehead atoms. The quantitative estimate of drug-likeness (QED) is 0.466. The number of aromatic nitrogens is 1. The predicted octanol–water partition coefficient (Wildman–Crippen LogP) is 0.377. The van der Waals surface area contributed by atoms with Gasteiger partial charge in [-0.15, -0.1) is 0 Å². The number of methoxy groups -OCH3 is 1. The number of nitrogens with zero attached hydrogens (tertiary/aromatic N) is 1. The summed E-state index contributed by atoms with van der Waals surface area (Å²) in [5.74, 6) is -0.474. The highest BCUT2D eigenvalue weighted by atomic mass is 16.6. The molecule has 21 heavy (non-hydrogen) atoms. The largest absolute Gasteiger partial charge is 0.459 e. The highest BCUT2D eigenvalue weighted by molar-refractivity contribution is 5.87. The van der Waals surface area contributed by atoms with Crippen LogP contribution in [0.5, 0.6) is 0 Å². The van der Waals surface area contributed by atoms with Crippen LogP contribution in [0.3, 0.4) is 0 Å². The first-order valence-corrected chi connectivity index (χ1v) is 6.74. The number of carbonyl (C=O) groups is 1. The lowest BCUT2D eigenvalue weighted by Gasteiger charge is -2.06. The van der Waals surface area contributed by atoms with Crippen molar-refractivity contribution in [1.29, 1.82) is 0 Å². The van der Waals surface area contributed by atoms with Crippen LogP contribution in [0.1, 0.15) is 16.1 Å². The third kappa shape index (κ3) is 7.72. The molecule has 0 unspecified atom stereocenters. The monoisotopic (exact) mass is 298 g/mol. The molecule has 0 aliphatic carbocycles. The van der Waals surface area contributed by atoms with E-state index >= 15 is 0 Å². The zero-order chi connectivity index (χ0) is 15.3. The standard InChI is InChI=1S/C14H22N2O5/c1-18-4-5-19-6-7-20-8-9-21-14(17)13-3-2-12(10-15)11-16-13/h2-3,11H,4-10,15H2,1H3. The van der Waals surface area contributed by atoms with Crippen molar-refractivity contribution in [1.82, 2.24) is 4.98 Å². The lowest BCUT2D eigenvalue weighted by Crippen LogP contribution is -2.14. The molecule has 1 aromatic rings. The molecule has 0 fully saturated rings. The molecule has 0 atom stereocenters. The molecule has 0 saturated heterocycles. The van der Waals surface area contributed by atoms with E-state index < -0.39 is 5.97 Å². The van der Waals surface area contributed by atoms with Gasteiger partial charge in [0.05, 0.1) is 33.0 Å². The van der Waals surface area contributed by atoms with Crippen LogP contribution in [0, 0.1) is 0 Å². The van der Waals surface area contributed by atoms with Crippen molar-refractivity contribution in [2.75, 3.05) is 46.8 Å². The van der Waals surface area contributed by atoms with Crippen LogP contribution in [0.2, 0.25) is 0 Å². The first kappa shape index (κ1) is 17.5. The van der Waals surface area contributed by atoms with Crippen molar-refractivity contribution >= 4 is 5.97 Å². The minimum absolute atomic E-state index is 0.178. The molecule has 118 valence electrons. The lowest BCUT2D eigenvalue weighted by molar-refractivity contribution is 0.00549. The third-order valence-corrected chi connectivity index (χ3v) is 2.53. The van der Waals surface area contributed by atoms with Crippen molar-refractivity contribution in [3.8, 4) is 0 Å². The van der Waals surface area contributed by atoms with Crippen LogP contribution in [0.25, 0.3) is 0 Å². The molecule has 0 aliphatic heterocycles. The van der Waals surface area contributed by atoms with Gasteiger partial charge in [-0.2, -0.15) is 0 Å². The van der Waals surface area contributed by atoms with Gasteiger partial charge < -0.3 is 24.7 Å². The zero-order valence-electron chi connectivity index (χ0n) is 12.2. The van der Waals surface area contributed by atoms with Crippen molar-refractivity contribution in [2.24, 2.45) is 5.73 Å². The summed E-state index contributed by atoms with van der Waals surface area (Å²) in [5.41, 5.74) is 6.57. The Hall–Kier alpha value is -1.54. The van der Waals surface area contributed by atoms with Crippen LogP contribution in [0.15, 0.2) is 18.3 Å². The van der Waals surface area contributed by atoms with E-state index in [0.29, 0.717) is 39.6 Å². The van der Waals surface area contributed by atoms with Gasteiger partial charge in [-0.1, -0.05) is 6.07 Å².